The van der Waals surface area contributed by atoms with Gasteiger partial charge in [-0.3, -0.25) is 10.1 Å². The fourth-order valence-electron chi connectivity index (χ4n) is 2.48. The first kappa shape index (κ1) is 14.3. The minimum atomic E-state index is -0.519. The number of nitrogens with one attached hydrogen (secondary N) is 2. The predicted octanol–water partition coefficient (Wildman–Crippen LogP) is 2.27. The van der Waals surface area contributed by atoms with E-state index in [2.05, 4.69) is 10.6 Å². The second-order valence-corrected chi connectivity index (χ2v) is 5.03. The van der Waals surface area contributed by atoms with Crippen molar-refractivity contribution < 1.29 is 4.92 Å². The second-order valence-electron chi connectivity index (χ2n) is 5.03. The molecule has 0 saturated carbocycles. The van der Waals surface area contributed by atoms with Gasteiger partial charge in [0.1, 0.15) is 11.6 Å². The lowest BCUT2D eigenvalue weighted by molar-refractivity contribution is -0.385. The maximum absolute atomic E-state index is 10.9. The van der Waals surface area contributed by atoms with Gasteiger partial charge in [0.15, 0.2) is 0 Å². The van der Waals surface area contributed by atoms with E-state index in [1.165, 1.54) is 25.0 Å². The molecule has 2 N–H and O–H groups in total. The van der Waals surface area contributed by atoms with Crippen molar-refractivity contribution in [1.82, 2.24) is 5.32 Å². The van der Waals surface area contributed by atoms with Gasteiger partial charge in [0.05, 0.1) is 4.92 Å². The Labute approximate surface area is 117 Å². The van der Waals surface area contributed by atoms with Crippen molar-refractivity contribution in [3.05, 3.63) is 33.9 Å². The SMILES string of the molecule is N#Cc1ccc(NCCC2CCCNC2)cc1[N+](=O)[O-]. The Hall–Kier alpha value is -2.13. The zero-order valence-electron chi connectivity index (χ0n) is 11.3. The first-order valence-electron chi connectivity index (χ1n) is 6.84. The number of anilines is 1. The molecule has 1 aliphatic rings. The largest absolute Gasteiger partial charge is 0.385 e. The molecule has 1 aliphatic heterocycles. The topological polar surface area (TPSA) is 91.0 Å². The van der Waals surface area contributed by atoms with Crippen LogP contribution in [0.3, 0.4) is 0 Å². The number of hydrogen-bond donors (Lipinski definition) is 2. The molecule has 20 heavy (non-hydrogen) atoms. The number of piperidine rings is 1. The number of nitro groups is 1. The Balaban J connectivity index is 1.91. The van der Waals surface area contributed by atoms with Crippen molar-refractivity contribution in [2.75, 3.05) is 25.0 Å². The Morgan fingerprint density at radius 3 is 3.05 bits per heavy atom. The highest BCUT2D eigenvalue weighted by Gasteiger charge is 2.15. The summed E-state index contributed by atoms with van der Waals surface area (Å²) in [6.45, 7) is 2.94. The van der Waals surface area contributed by atoms with Crippen molar-refractivity contribution in [3.63, 3.8) is 0 Å². The summed E-state index contributed by atoms with van der Waals surface area (Å²) in [5.74, 6) is 0.671. The van der Waals surface area contributed by atoms with Crippen LogP contribution in [0.4, 0.5) is 11.4 Å². The summed E-state index contributed by atoms with van der Waals surface area (Å²) in [5, 5.41) is 26.3. The van der Waals surface area contributed by atoms with Gasteiger partial charge < -0.3 is 10.6 Å². The van der Waals surface area contributed by atoms with E-state index in [4.69, 9.17) is 5.26 Å². The Morgan fingerprint density at radius 2 is 2.40 bits per heavy atom. The van der Waals surface area contributed by atoms with Gasteiger partial charge in [-0.15, -0.1) is 0 Å². The zero-order chi connectivity index (χ0) is 14.4. The molecule has 1 aromatic rings. The van der Waals surface area contributed by atoms with E-state index >= 15 is 0 Å². The highest BCUT2D eigenvalue weighted by Crippen LogP contribution is 2.23. The average molecular weight is 274 g/mol. The molecule has 6 nitrogen and oxygen atoms in total. The number of nitro benzene ring substituents is 1. The molecule has 1 saturated heterocycles. The summed E-state index contributed by atoms with van der Waals surface area (Å²) < 4.78 is 0. The van der Waals surface area contributed by atoms with Crippen LogP contribution in [0.2, 0.25) is 0 Å². The van der Waals surface area contributed by atoms with E-state index in [9.17, 15) is 10.1 Å². The number of nitriles is 1. The number of hydrogen-bond acceptors (Lipinski definition) is 5. The smallest absolute Gasteiger partial charge is 0.289 e. The van der Waals surface area contributed by atoms with E-state index in [1.807, 2.05) is 6.07 Å². The monoisotopic (exact) mass is 274 g/mol. The molecule has 0 spiro atoms. The molecule has 1 atom stereocenters. The first-order chi connectivity index (χ1) is 9.70. The quantitative estimate of drug-likeness (QED) is 0.635. The maximum atomic E-state index is 10.9. The van der Waals surface area contributed by atoms with Crippen LogP contribution in [0.1, 0.15) is 24.8 Å². The van der Waals surface area contributed by atoms with Crippen LogP contribution in [-0.2, 0) is 0 Å². The van der Waals surface area contributed by atoms with E-state index in [0.29, 0.717) is 11.6 Å². The van der Waals surface area contributed by atoms with Crippen molar-refractivity contribution in [3.8, 4) is 6.07 Å². The van der Waals surface area contributed by atoms with Crippen molar-refractivity contribution in [1.29, 1.82) is 5.26 Å². The third-order valence-electron chi connectivity index (χ3n) is 3.60. The molecule has 1 fully saturated rings. The van der Waals surface area contributed by atoms with E-state index in [1.54, 1.807) is 6.07 Å². The molecular weight excluding hydrogens is 256 g/mol. The highest BCUT2D eigenvalue weighted by atomic mass is 16.6. The van der Waals surface area contributed by atoms with Gasteiger partial charge in [-0.05, 0) is 50.4 Å². The molecule has 1 unspecified atom stereocenters. The summed E-state index contributed by atoms with van der Waals surface area (Å²) in [5.41, 5.74) is 0.647. The average Bonchev–Trinajstić information content (AvgIpc) is 2.48. The van der Waals surface area contributed by atoms with Crippen molar-refractivity contribution in [2.24, 2.45) is 5.92 Å². The Morgan fingerprint density at radius 1 is 1.55 bits per heavy atom. The minimum absolute atomic E-state index is 0.0945. The maximum Gasteiger partial charge on any atom is 0.289 e. The molecule has 0 bridgehead atoms. The van der Waals surface area contributed by atoms with Crippen LogP contribution in [-0.4, -0.2) is 24.6 Å². The number of nitrogens with zero attached hydrogens (tertiary/aromatic N) is 2. The van der Waals surface area contributed by atoms with E-state index in [0.717, 1.165) is 26.1 Å². The molecule has 1 heterocycles. The molecule has 2 rings (SSSR count). The van der Waals surface area contributed by atoms with Crippen LogP contribution in [0.25, 0.3) is 0 Å². The second kappa shape index (κ2) is 6.87. The normalized spacial score (nSPS) is 18.2. The molecule has 1 aromatic carbocycles. The molecule has 0 amide bonds. The fraction of sp³-hybridized carbons (Fsp3) is 0.500. The fourth-order valence-corrected chi connectivity index (χ4v) is 2.48. The van der Waals surface area contributed by atoms with Crippen molar-refractivity contribution in [2.45, 2.75) is 19.3 Å². The summed E-state index contributed by atoms with van der Waals surface area (Å²) in [7, 11) is 0. The van der Waals surface area contributed by atoms with E-state index < -0.39 is 4.92 Å². The highest BCUT2D eigenvalue weighted by molar-refractivity contribution is 5.59. The van der Waals surface area contributed by atoms with Gasteiger partial charge in [0.2, 0.25) is 0 Å². The predicted molar refractivity (Wildman–Crippen MR) is 76.5 cm³/mol. The lowest BCUT2D eigenvalue weighted by atomic mass is 9.96. The van der Waals surface area contributed by atoms with Crippen LogP contribution in [0, 0.1) is 27.4 Å². The summed E-state index contributed by atoms with van der Waals surface area (Å²) in [4.78, 5) is 10.4. The molecule has 106 valence electrons. The van der Waals surface area contributed by atoms with Gasteiger partial charge in [-0.2, -0.15) is 5.26 Å². The van der Waals surface area contributed by atoms with E-state index in [-0.39, 0.29) is 11.3 Å². The van der Waals surface area contributed by atoms with Crippen molar-refractivity contribution >= 4 is 11.4 Å². The molecule has 0 aromatic heterocycles. The van der Waals surface area contributed by atoms with Crippen LogP contribution in [0.15, 0.2) is 18.2 Å². The number of benzene rings is 1. The lowest BCUT2D eigenvalue weighted by Crippen LogP contribution is -2.30. The summed E-state index contributed by atoms with van der Waals surface area (Å²) in [6, 6.07) is 6.46. The molecule has 0 radical (unpaired) electrons. The molecule has 0 aliphatic carbocycles. The van der Waals surface area contributed by atoms with Crippen LogP contribution >= 0.6 is 0 Å². The van der Waals surface area contributed by atoms with Gasteiger partial charge in [-0.25, -0.2) is 0 Å². The van der Waals surface area contributed by atoms with Gasteiger partial charge >= 0.3 is 0 Å². The first-order valence-corrected chi connectivity index (χ1v) is 6.84. The zero-order valence-corrected chi connectivity index (χ0v) is 11.3. The van der Waals surface area contributed by atoms with Gasteiger partial charge in [0.25, 0.3) is 5.69 Å². The molecular formula is C14H18N4O2. The molecule has 6 heteroatoms. The van der Waals surface area contributed by atoms with Crippen LogP contribution in [0.5, 0.6) is 0 Å². The summed E-state index contributed by atoms with van der Waals surface area (Å²) in [6.07, 6.45) is 3.50. The standard InChI is InChI=1S/C14H18N4O2/c15-9-12-3-4-13(8-14(12)18(19)20)17-7-5-11-2-1-6-16-10-11/h3-4,8,11,16-17H,1-2,5-7,10H2. The number of rotatable bonds is 5. The van der Waals surface area contributed by atoms with Crippen LogP contribution < -0.4 is 10.6 Å². The Kier molecular flexibility index (Phi) is 4.91. The third-order valence-corrected chi connectivity index (χ3v) is 3.60. The third kappa shape index (κ3) is 3.68. The lowest BCUT2D eigenvalue weighted by Gasteiger charge is -2.22. The van der Waals surface area contributed by atoms with Gasteiger partial charge in [0, 0.05) is 18.3 Å². The summed E-state index contributed by atoms with van der Waals surface area (Å²) >= 11 is 0. The van der Waals surface area contributed by atoms with Gasteiger partial charge in [-0.1, -0.05) is 0 Å². The minimum Gasteiger partial charge on any atom is -0.385 e. The Bertz CT molecular complexity index is 518.